The number of pyridine rings is 4. The largest absolute Gasteiger partial charge is 0.373 e. The molecule has 1 fully saturated rings. The van der Waals surface area contributed by atoms with Gasteiger partial charge >= 0.3 is 0 Å². The summed E-state index contributed by atoms with van der Waals surface area (Å²) in [5.74, 6) is 0.410. The Labute approximate surface area is 190 Å². The third-order valence-electron chi connectivity index (χ3n) is 5.99. The zero-order chi connectivity index (χ0) is 23.0. The van der Waals surface area contributed by atoms with Gasteiger partial charge in [-0.05, 0) is 49.6 Å². The van der Waals surface area contributed by atoms with Crippen LogP contribution in [0.25, 0.3) is 22.0 Å². The molecule has 4 heterocycles. The minimum atomic E-state index is -0.470. The molecule has 4 aromatic rings. The first-order chi connectivity index (χ1) is 16.0. The summed E-state index contributed by atoms with van der Waals surface area (Å²) >= 11 is 0. The molecule has 5 rings (SSSR count). The highest BCUT2D eigenvalue weighted by atomic mass is 16.1. The van der Waals surface area contributed by atoms with Gasteiger partial charge < -0.3 is 10.6 Å². The number of hydrogen-bond acceptors (Lipinski definition) is 7. The number of carbonyl (C=O) groups is 1. The molecule has 0 aromatic carbocycles. The predicted molar refractivity (Wildman–Crippen MR) is 126 cm³/mol. The van der Waals surface area contributed by atoms with Gasteiger partial charge in [0.2, 0.25) is 0 Å². The first-order valence-corrected chi connectivity index (χ1v) is 10.6. The van der Waals surface area contributed by atoms with Crippen molar-refractivity contribution in [2.45, 2.75) is 25.2 Å². The molecule has 0 atom stereocenters. The number of carbonyl (C=O) groups excluding carboxylic acids is 1. The van der Waals surface area contributed by atoms with Crippen molar-refractivity contribution in [1.82, 2.24) is 19.9 Å². The van der Waals surface area contributed by atoms with E-state index in [0.29, 0.717) is 5.69 Å². The fourth-order valence-corrected chi connectivity index (χ4v) is 3.84. The van der Waals surface area contributed by atoms with Crippen molar-refractivity contribution in [3.8, 4) is 17.2 Å². The van der Waals surface area contributed by atoms with Gasteiger partial charge in [0.1, 0.15) is 11.5 Å². The third kappa shape index (κ3) is 3.85. The fourth-order valence-electron chi connectivity index (χ4n) is 3.84. The highest BCUT2D eigenvalue weighted by Crippen LogP contribution is 2.47. The number of nitrogens with zero attached hydrogens (tertiary/aromatic N) is 5. The smallest absolute Gasteiger partial charge is 0.274 e. The van der Waals surface area contributed by atoms with Crippen molar-refractivity contribution in [2.75, 3.05) is 17.7 Å². The molecule has 33 heavy (non-hydrogen) atoms. The van der Waals surface area contributed by atoms with Crippen LogP contribution in [0.4, 0.5) is 11.5 Å². The van der Waals surface area contributed by atoms with Crippen molar-refractivity contribution in [3.05, 3.63) is 72.1 Å². The highest BCUT2D eigenvalue weighted by molar-refractivity contribution is 6.03. The molecule has 0 unspecified atom stereocenters. The number of hydrogen-bond donors (Lipinski definition) is 2. The fraction of sp³-hybridized carbons (Fsp3) is 0.200. The highest BCUT2D eigenvalue weighted by Gasteiger charge is 2.45. The van der Waals surface area contributed by atoms with Gasteiger partial charge in [-0.25, -0.2) is 4.98 Å². The van der Waals surface area contributed by atoms with Crippen LogP contribution in [0.15, 0.2) is 55.1 Å². The van der Waals surface area contributed by atoms with Crippen LogP contribution in [0.2, 0.25) is 0 Å². The number of anilines is 2. The topological polar surface area (TPSA) is 116 Å². The SMILES string of the molecule is CNc1cc2ncc(-c3cc(NC(=O)c4cc(C5(C#N)CC5)ccn4)cnc3C)cc2cn1. The molecule has 1 saturated carbocycles. The number of aryl methyl sites for hydroxylation is 1. The lowest BCUT2D eigenvalue weighted by molar-refractivity contribution is 0.102. The summed E-state index contributed by atoms with van der Waals surface area (Å²) < 4.78 is 0. The van der Waals surface area contributed by atoms with E-state index < -0.39 is 5.41 Å². The van der Waals surface area contributed by atoms with Crippen LogP contribution >= 0.6 is 0 Å². The zero-order valence-electron chi connectivity index (χ0n) is 18.3. The van der Waals surface area contributed by atoms with E-state index in [2.05, 4.69) is 36.6 Å². The lowest BCUT2D eigenvalue weighted by Crippen LogP contribution is -2.15. The second-order valence-corrected chi connectivity index (χ2v) is 8.17. The molecular formula is C25H21N7O. The van der Waals surface area contributed by atoms with Crippen LogP contribution in [0.3, 0.4) is 0 Å². The second kappa shape index (κ2) is 7.95. The molecule has 0 aliphatic heterocycles. The molecule has 8 nitrogen and oxygen atoms in total. The Morgan fingerprint density at radius 3 is 2.67 bits per heavy atom. The Hall–Kier alpha value is -4.38. The molecule has 8 heteroatoms. The minimum absolute atomic E-state index is 0.273. The van der Waals surface area contributed by atoms with Crippen molar-refractivity contribution in [1.29, 1.82) is 5.26 Å². The number of nitrogens with one attached hydrogen (secondary N) is 2. The van der Waals surface area contributed by atoms with E-state index in [1.54, 1.807) is 36.9 Å². The number of aromatic nitrogens is 4. The van der Waals surface area contributed by atoms with Crippen molar-refractivity contribution < 1.29 is 4.79 Å². The normalized spacial score (nSPS) is 13.8. The molecule has 1 aliphatic carbocycles. The maximum absolute atomic E-state index is 12.9. The molecular weight excluding hydrogens is 414 g/mol. The molecule has 2 N–H and O–H groups in total. The van der Waals surface area contributed by atoms with Crippen LogP contribution in [-0.4, -0.2) is 32.9 Å². The Bertz CT molecular complexity index is 1440. The number of fused-ring (bicyclic) bond motifs is 1. The molecule has 0 radical (unpaired) electrons. The Morgan fingerprint density at radius 2 is 1.91 bits per heavy atom. The Morgan fingerprint density at radius 1 is 1.06 bits per heavy atom. The quantitative estimate of drug-likeness (QED) is 0.481. The second-order valence-electron chi connectivity index (χ2n) is 8.17. The zero-order valence-corrected chi connectivity index (χ0v) is 18.3. The van der Waals surface area contributed by atoms with Gasteiger partial charge in [-0.2, -0.15) is 5.26 Å². The van der Waals surface area contributed by atoms with Crippen LogP contribution < -0.4 is 10.6 Å². The Balaban J connectivity index is 1.42. The molecule has 0 saturated heterocycles. The first-order valence-electron chi connectivity index (χ1n) is 10.6. The van der Waals surface area contributed by atoms with E-state index in [9.17, 15) is 10.1 Å². The summed E-state index contributed by atoms with van der Waals surface area (Å²) in [6, 6.07) is 11.6. The number of rotatable bonds is 5. The summed E-state index contributed by atoms with van der Waals surface area (Å²) in [4.78, 5) is 30.4. The minimum Gasteiger partial charge on any atom is -0.373 e. The van der Waals surface area contributed by atoms with Gasteiger partial charge in [0, 0.05) is 53.9 Å². The predicted octanol–water partition coefficient (Wildman–Crippen LogP) is 4.24. The van der Waals surface area contributed by atoms with E-state index >= 15 is 0 Å². The summed E-state index contributed by atoms with van der Waals surface area (Å²) in [6.07, 6.45) is 8.39. The maximum Gasteiger partial charge on any atom is 0.274 e. The third-order valence-corrected chi connectivity index (χ3v) is 5.99. The van der Waals surface area contributed by atoms with Crippen molar-refractivity contribution >= 4 is 28.3 Å². The van der Waals surface area contributed by atoms with Crippen LogP contribution in [0.5, 0.6) is 0 Å². The van der Waals surface area contributed by atoms with Gasteiger partial charge in [-0.1, -0.05) is 0 Å². The molecule has 162 valence electrons. The molecule has 1 aliphatic rings. The monoisotopic (exact) mass is 435 g/mol. The van der Waals surface area contributed by atoms with E-state index in [4.69, 9.17) is 0 Å². The molecule has 0 spiro atoms. The average molecular weight is 435 g/mol. The van der Waals surface area contributed by atoms with Crippen molar-refractivity contribution in [2.24, 2.45) is 0 Å². The lowest BCUT2D eigenvalue weighted by Gasteiger charge is -2.11. The number of amides is 1. The first kappa shape index (κ1) is 20.5. The van der Waals surface area contributed by atoms with E-state index in [-0.39, 0.29) is 11.6 Å². The average Bonchev–Trinajstić information content (AvgIpc) is 3.66. The number of nitriles is 1. The standard InChI is InChI=1S/C25H21N7O/c1-15-20(16-7-17-12-31-23(27-2)10-21(17)30-11-16)9-19(13-29-15)32-24(33)22-8-18(3-6-28-22)25(14-26)4-5-25/h3,6-13H,4-5H2,1-2H3,(H,27,31)(H,32,33). The van der Waals surface area contributed by atoms with Crippen molar-refractivity contribution in [3.63, 3.8) is 0 Å². The maximum atomic E-state index is 12.9. The molecule has 4 aromatic heterocycles. The Kier molecular flexibility index (Phi) is 4.94. The molecule has 0 bridgehead atoms. The summed E-state index contributed by atoms with van der Waals surface area (Å²) in [7, 11) is 1.82. The van der Waals surface area contributed by atoms with E-state index in [1.165, 1.54) is 0 Å². The summed E-state index contributed by atoms with van der Waals surface area (Å²) in [6.45, 7) is 1.91. The van der Waals surface area contributed by atoms with E-state index in [1.807, 2.05) is 32.2 Å². The van der Waals surface area contributed by atoms with Gasteiger partial charge in [0.25, 0.3) is 5.91 Å². The lowest BCUT2D eigenvalue weighted by atomic mass is 9.98. The van der Waals surface area contributed by atoms with Crippen LogP contribution in [0, 0.1) is 18.3 Å². The van der Waals surface area contributed by atoms with Gasteiger partial charge in [-0.15, -0.1) is 0 Å². The molecule has 1 amide bonds. The summed E-state index contributed by atoms with van der Waals surface area (Å²) in [5, 5.41) is 16.2. The van der Waals surface area contributed by atoms with Gasteiger partial charge in [0.05, 0.1) is 28.9 Å². The van der Waals surface area contributed by atoms with Gasteiger partial charge in [0.15, 0.2) is 0 Å². The van der Waals surface area contributed by atoms with Crippen LogP contribution in [0.1, 0.15) is 34.6 Å². The summed E-state index contributed by atoms with van der Waals surface area (Å²) in [5.41, 5.74) is 4.60. The van der Waals surface area contributed by atoms with Gasteiger partial charge in [-0.3, -0.25) is 19.7 Å². The van der Waals surface area contributed by atoms with Crippen LogP contribution in [-0.2, 0) is 5.41 Å². The van der Waals surface area contributed by atoms with E-state index in [0.717, 1.165) is 51.9 Å².